The standard InChI is InChI=1S/C14H16F2N2O3/c1-21-5-4-18-8-9(6-13(18)19)14(20)17-10-2-3-11(15)12(16)7-10/h2-3,7,9H,4-6,8H2,1H3,(H,17,20)/t9-/m0/s1. The number of benzene rings is 1. The van der Waals surface area contributed by atoms with Gasteiger partial charge in [-0.05, 0) is 12.1 Å². The van der Waals surface area contributed by atoms with E-state index in [4.69, 9.17) is 4.74 Å². The highest BCUT2D eigenvalue weighted by molar-refractivity contribution is 5.97. The number of ether oxygens (including phenoxy) is 1. The molecule has 0 unspecified atom stereocenters. The molecule has 1 fully saturated rings. The monoisotopic (exact) mass is 298 g/mol. The smallest absolute Gasteiger partial charge is 0.229 e. The van der Waals surface area contributed by atoms with Crippen molar-refractivity contribution in [3.63, 3.8) is 0 Å². The number of likely N-dealkylation sites (tertiary alicyclic amines) is 1. The molecule has 21 heavy (non-hydrogen) atoms. The molecule has 0 bridgehead atoms. The summed E-state index contributed by atoms with van der Waals surface area (Å²) >= 11 is 0. The summed E-state index contributed by atoms with van der Waals surface area (Å²) in [5.41, 5.74) is 0.168. The maximum absolute atomic E-state index is 13.1. The number of methoxy groups -OCH3 is 1. The fourth-order valence-corrected chi connectivity index (χ4v) is 2.18. The molecule has 1 saturated heterocycles. The molecule has 2 rings (SSSR count). The summed E-state index contributed by atoms with van der Waals surface area (Å²) in [6.07, 6.45) is 0.110. The molecule has 2 amide bonds. The van der Waals surface area contributed by atoms with Crippen molar-refractivity contribution in [1.29, 1.82) is 0 Å². The zero-order chi connectivity index (χ0) is 15.4. The topological polar surface area (TPSA) is 58.6 Å². The first-order chi connectivity index (χ1) is 10.0. The maximum Gasteiger partial charge on any atom is 0.229 e. The quantitative estimate of drug-likeness (QED) is 0.894. The summed E-state index contributed by atoms with van der Waals surface area (Å²) in [5, 5.41) is 2.49. The van der Waals surface area contributed by atoms with Gasteiger partial charge in [0.05, 0.1) is 12.5 Å². The summed E-state index contributed by atoms with van der Waals surface area (Å²) < 4.78 is 30.8. The summed E-state index contributed by atoms with van der Waals surface area (Å²) in [6.45, 7) is 1.14. The minimum atomic E-state index is -1.03. The number of carbonyl (C=O) groups is 2. The van der Waals surface area contributed by atoms with Gasteiger partial charge in [-0.2, -0.15) is 0 Å². The molecule has 1 heterocycles. The molecule has 0 aromatic heterocycles. The number of hydrogen-bond acceptors (Lipinski definition) is 3. The third-order valence-electron chi connectivity index (χ3n) is 3.34. The van der Waals surface area contributed by atoms with Crippen LogP contribution in [0.15, 0.2) is 18.2 Å². The van der Waals surface area contributed by atoms with Gasteiger partial charge in [-0.1, -0.05) is 0 Å². The van der Waals surface area contributed by atoms with Crippen molar-refractivity contribution in [2.45, 2.75) is 6.42 Å². The highest BCUT2D eigenvalue weighted by atomic mass is 19.2. The number of carbonyl (C=O) groups excluding carboxylic acids is 2. The number of amides is 2. The second-order valence-corrected chi connectivity index (χ2v) is 4.85. The fourth-order valence-electron chi connectivity index (χ4n) is 2.18. The van der Waals surface area contributed by atoms with Crippen LogP contribution in [0.3, 0.4) is 0 Å². The molecule has 7 heteroatoms. The molecule has 1 aliphatic rings. The van der Waals surface area contributed by atoms with Gasteiger partial charge in [-0.3, -0.25) is 9.59 Å². The third-order valence-corrected chi connectivity index (χ3v) is 3.34. The number of hydrogen-bond donors (Lipinski definition) is 1. The lowest BCUT2D eigenvalue weighted by Crippen LogP contribution is -2.30. The molecule has 5 nitrogen and oxygen atoms in total. The summed E-state index contributed by atoms with van der Waals surface area (Å²) in [5.74, 6) is -3.00. The molecule has 0 saturated carbocycles. The zero-order valence-electron chi connectivity index (χ0n) is 11.6. The molecule has 114 valence electrons. The van der Waals surface area contributed by atoms with Crippen molar-refractivity contribution in [3.05, 3.63) is 29.8 Å². The van der Waals surface area contributed by atoms with E-state index < -0.39 is 17.6 Å². The Labute approximate surface area is 120 Å². The van der Waals surface area contributed by atoms with E-state index >= 15 is 0 Å². The fraction of sp³-hybridized carbons (Fsp3) is 0.429. The average Bonchev–Trinajstić information content (AvgIpc) is 2.82. The van der Waals surface area contributed by atoms with E-state index in [0.29, 0.717) is 19.7 Å². The number of rotatable bonds is 5. The SMILES string of the molecule is COCCN1C[C@@H](C(=O)Nc2ccc(F)c(F)c2)CC1=O. The Balaban J connectivity index is 1.95. The van der Waals surface area contributed by atoms with E-state index in [1.807, 2.05) is 0 Å². The van der Waals surface area contributed by atoms with Crippen LogP contribution in [0.5, 0.6) is 0 Å². The Morgan fingerprint density at radius 2 is 2.19 bits per heavy atom. The summed E-state index contributed by atoms with van der Waals surface area (Å²) in [6, 6.07) is 3.12. The molecule has 0 radical (unpaired) electrons. The second kappa shape index (κ2) is 6.62. The van der Waals surface area contributed by atoms with Gasteiger partial charge in [0.2, 0.25) is 11.8 Å². The Morgan fingerprint density at radius 1 is 1.43 bits per heavy atom. The van der Waals surface area contributed by atoms with Crippen molar-refractivity contribution < 1.29 is 23.1 Å². The lowest BCUT2D eigenvalue weighted by atomic mass is 10.1. The van der Waals surface area contributed by atoms with Crippen molar-refractivity contribution >= 4 is 17.5 Å². The lowest BCUT2D eigenvalue weighted by molar-refractivity contribution is -0.128. The summed E-state index contributed by atoms with van der Waals surface area (Å²) in [7, 11) is 1.54. The zero-order valence-corrected chi connectivity index (χ0v) is 11.6. The van der Waals surface area contributed by atoms with Gasteiger partial charge in [0.25, 0.3) is 0 Å². The molecular weight excluding hydrogens is 282 g/mol. The van der Waals surface area contributed by atoms with E-state index in [9.17, 15) is 18.4 Å². The first-order valence-electron chi connectivity index (χ1n) is 6.54. The van der Waals surface area contributed by atoms with Crippen molar-refractivity contribution in [3.8, 4) is 0 Å². The Bertz CT molecular complexity index is 551. The van der Waals surface area contributed by atoms with E-state index in [1.54, 1.807) is 4.90 Å². The molecule has 0 spiro atoms. The Morgan fingerprint density at radius 3 is 2.86 bits per heavy atom. The molecule has 1 N–H and O–H groups in total. The largest absolute Gasteiger partial charge is 0.383 e. The molecule has 1 aromatic rings. The lowest BCUT2D eigenvalue weighted by Gasteiger charge is -2.15. The maximum atomic E-state index is 13.1. The van der Waals surface area contributed by atoms with Gasteiger partial charge in [-0.25, -0.2) is 8.78 Å². The van der Waals surface area contributed by atoms with Gasteiger partial charge in [-0.15, -0.1) is 0 Å². The van der Waals surface area contributed by atoms with Gasteiger partial charge in [0.15, 0.2) is 11.6 Å². The number of halogens is 2. The molecule has 0 aliphatic carbocycles. The summed E-state index contributed by atoms with van der Waals surface area (Å²) in [4.78, 5) is 25.3. The number of nitrogens with zero attached hydrogens (tertiary/aromatic N) is 1. The van der Waals surface area contributed by atoms with Crippen LogP contribution in [0.25, 0.3) is 0 Å². The second-order valence-electron chi connectivity index (χ2n) is 4.85. The highest BCUT2D eigenvalue weighted by Gasteiger charge is 2.34. The predicted octanol–water partition coefficient (Wildman–Crippen LogP) is 1.40. The van der Waals surface area contributed by atoms with Gasteiger partial charge >= 0.3 is 0 Å². The van der Waals surface area contributed by atoms with Crippen molar-refractivity contribution in [1.82, 2.24) is 4.90 Å². The Hall–Kier alpha value is -2.02. The van der Waals surface area contributed by atoms with Gasteiger partial charge < -0.3 is 15.0 Å². The third kappa shape index (κ3) is 3.75. The van der Waals surface area contributed by atoms with Crippen LogP contribution in [0.2, 0.25) is 0 Å². The molecule has 1 aliphatic heterocycles. The van der Waals surface area contributed by atoms with Crippen LogP contribution in [0.1, 0.15) is 6.42 Å². The van der Waals surface area contributed by atoms with E-state index in [0.717, 1.165) is 12.1 Å². The van der Waals surface area contributed by atoms with Crippen LogP contribution in [-0.2, 0) is 14.3 Å². The number of anilines is 1. The first-order valence-corrected chi connectivity index (χ1v) is 6.54. The average molecular weight is 298 g/mol. The van der Waals surface area contributed by atoms with Crippen LogP contribution < -0.4 is 5.32 Å². The molecule has 1 atom stereocenters. The van der Waals surface area contributed by atoms with Crippen LogP contribution in [-0.4, -0.2) is 43.5 Å². The number of nitrogens with one attached hydrogen (secondary N) is 1. The van der Waals surface area contributed by atoms with Gasteiger partial charge in [0.1, 0.15) is 0 Å². The first kappa shape index (κ1) is 15.4. The van der Waals surface area contributed by atoms with Crippen LogP contribution >= 0.6 is 0 Å². The normalized spacial score (nSPS) is 18.1. The van der Waals surface area contributed by atoms with E-state index in [2.05, 4.69) is 5.32 Å². The molecular formula is C14H16F2N2O3. The van der Waals surface area contributed by atoms with Crippen LogP contribution in [0.4, 0.5) is 14.5 Å². The van der Waals surface area contributed by atoms with Crippen LogP contribution in [0, 0.1) is 17.6 Å². The minimum Gasteiger partial charge on any atom is -0.383 e. The van der Waals surface area contributed by atoms with Gasteiger partial charge in [0, 0.05) is 38.4 Å². The van der Waals surface area contributed by atoms with E-state index in [1.165, 1.54) is 13.2 Å². The molecule has 1 aromatic carbocycles. The minimum absolute atomic E-state index is 0.110. The Kier molecular flexibility index (Phi) is 4.85. The van der Waals surface area contributed by atoms with E-state index in [-0.39, 0.29) is 23.9 Å². The van der Waals surface area contributed by atoms with Crippen molar-refractivity contribution in [2.75, 3.05) is 32.1 Å². The van der Waals surface area contributed by atoms with Crippen molar-refractivity contribution in [2.24, 2.45) is 5.92 Å². The predicted molar refractivity (Wildman–Crippen MR) is 71.6 cm³/mol. The highest BCUT2D eigenvalue weighted by Crippen LogP contribution is 2.20.